The minimum atomic E-state index is -1.21. The number of piperidine rings is 1. The fraction of sp³-hybridized carbons (Fsp3) is 0.500. The SMILES string of the molecule is Cc1ccc(N2CC3(CCN(CC4=CN(C(C)(C)C)N=C(c5ccc(F)c(CF)c5F)CC4)CC3)OC2=O)nc1. The molecule has 3 aliphatic heterocycles. The summed E-state index contributed by atoms with van der Waals surface area (Å²) in [5, 5.41) is 6.55. The lowest BCUT2D eigenvalue weighted by molar-refractivity contribution is 0.00281. The van der Waals surface area contributed by atoms with Gasteiger partial charge in [-0.3, -0.25) is 14.8 Å². The monoisotopic (exact) mass is 555 g/mol. The van der Waals surface area contributed by atoms with Gasteiger partial charge in [-0.05, 0) is 69.9 Å². The Balaban J connectivity index is 1.26. The van der Waals surface area contributed by atoms with Crippen LogP contribution in [-0.2, 0) is 11.4 Å². The van der Waals surface area contributed by atoms with Crippen molar-refractivity contribution in [1.82, 2.24) is 14.9 Å². The standard InChI is InChI=1S/C30H36F3N5O2/c1-20-5-10-26(34-16-20)37-19-30(40-28(37)39)11-13-36(14-12-30)17-21-6-9-25(35-38(18-21)29(2,3)4)22-7-8-24(32)23(15-31)27(22)33/h5,7-8,10,16,18H,6,9,11-15,17,19H2,1-4H3. The van der Waals surface area contributed by atoms with Crippen molar-refractivity contribution in [1.29, 1.82) is 0 Å². The fourth-order valence-electron chi connectivity index (χ4n) is 5.41. The lowest BCUT2D eigenvalue weighted by Gasteiger charge is -2.38. The Kier molecular flexibility index (Phi) is 7.65. The zero-order valence-corrected chi connectivity index (χ0v) is 23.5. The number of amides is 1. The maximum absolute atomic E-state index is 15.0. The van der Waals surface area contributed by atoms with Crippen molar-refractivity contribution in [3.8, 4) is 0 Å². The second-order valence-electron chi connectivity index (χ2n) is 12.0. The van der Waals surface area contributed by atoms with Gasteiger partial charge in [0.05, 0.1) is 23.4 Å². The second kappa shape index (κ2) is 10.9. The Morgan fingerprint density at radius 1 is 1.07 bits per heavy atom. The molecule has 0 unspecified atom stereocenters. The van der Waals surface area contributed by atoms with Crippen molar-refractivity contribution in [2.24, 2.45) is 5.10 Å². The molecule has 214 valence electrons. The predicted octanol–water partition coefficient (Wildman–Crippen LogP) is 6.11. The number of ether oxygens (including phenoxy) is 1. The third-order valence-electron chi connectivity index (χ3n) is 7.87. The number of nitrogens with zero attached hydrogens (tertiary/aromatic N) is 5. The fourth-order valence-corrected chi connectivity index (χ4v) is 5.41. The van der Waals surface area contributed by atoms with Crippen LogP contribution >= 0.6 is 0 Å². The van der Waals surface area contributed by atoms with Crippen LogP contribution in [0.4, 0.5) is 23.8 Å². The van der Waals surface area contributed by atoms with Gasteiger partial charge in [-0.1, -0.05) is 6.07 Å². The lowest BCUT2D eigenvalue weighted by atomic mass is 9.91. The van der Waals surface area contributed by atoms with Gasteiger partial charge >= 0.3 is 6.09 Å². The molecular weight excluding hydrogens is 519 g/mol. The van der Waals surface area contributed by atoms with Crippen LogP contribution in [0.25, 0.3) is 0 Å². The summed E-state index contributed by atoms with van der Waals surface area (Å²) >= 11 is 0. The molecule has 1 aromatic carbocycles. The van der Waals surface area contributed by atoms with Crippen molar-refractivity contribution >= 4 is 17.6 Å². The number of likely N-dealkylation sites (tertiary alicyclic amines) is 1. The summed E-state index contributed by atoms with van der Waals surface area (Å²) in [7, 11) is 0. The van der Waals surface area contributed by atoms with E-state index in [-0.39, 0.29) is 11.7 Å². The Hall–Kier alpha value is -3.40. The van der Waals surface area contributed by atoms with Gasteiger partial charge in [0.2, 0.25) is 0 Å². The quantitative estimate of drug-likeness (QED) is 0.446. The van der Waals surface area contributed by atoms with Crippen LogP contribution in [-0.4, -0.2) is 64.0 Å². The van der Waals surface area contributed by atoms with Crippen molar-refractivity contribution in [2.45, 2.75) is 71.2 Å². The lowest BCUT2D eigenvalue weighted by Crippen LogP contribution is -2.47. The minimum Gasteiger partial charge on any atom is -0.440 e. The highest BCUT2D eigenvalue weighted by Crippen LogP contribution is 2.36. The van der Waals surface area contributed by atoms with Gasteiger partial charge in [0.15, 0.2) is 0 Å². The Morgan fingerprint density at radius 3 is 2.48 bits per heavy atom. The summed E-state index contributed by atoms with van der Waals surface area (Å²) in [6.45, 7) is 9.47. The summed E-state index contributed by atoms with van der Waals surface area (Å²) in [5.74, 6) is -1.17. The van der Waals surface area contributed by atoms with E-state index in [2.05, 4.69) is 9.88 Å². The van der Waals surface area contributed by atoms with Crippen molar-refractivity contribution in [3.05, 3.63) is 70.6 Å². The molecule has 0 atom stereocenters. The molecule has 1 amide bonds. The molecule has 0 aliphatic carbocycles. The number of aryl methyl sites for hydroxylation is 1. The van der Waals surface area contributed by atoms with E-state index < -0.39 is 35.0 Å². The van der Waals surface area contributed by atoms with Crippen LogP contribution in [0.5, 0.6) is 0 Å². The normalized spacial score (nSPS) is 19.9. The number of pyridine rings is 1. The Morgan fingerprint density at radius 2 is 1.82 bits per heavy atom. The summed E-state index contributed by atoms with van der Waals surface area (Å²) < 4.78 is 48.2. The van der Waals surface area contributed by atoms with Crippen LogP contribution in [0.15, 0.2) is 47.3 Å². The maximum atomic E-state index is 15.0. The van der Waals surface area contributed by atoms with Crippen LogP contribution < -0.4 is 4.90 Å². The van der Waals surface area contributed by atoms with Gasteiger partial charge < -0.3 is 4.74 Å². The Labute approximate surface area is 233 Å². The molecule has 5 rings (SSSR count). The number of carbonyl (C=O) groups excluding carboxylic acids is 1. The van der Waals surface area contributed by atoms with E-state index in [1.165, 1.54) is 6.07 Å². The maximum Gasteiger partial charge on any atom is 0.416 e. The molecule has 10 heteroatoms. The van der Waals surface area contributed by atoms with E-state index in [1.54, 1.807) is 11.1 Å². The van der Waals surface area contributed by atoms with Gasteiger partial charge in [-0.2, -0.15) is 5.10 Å². The van der Waals surface area contributed by atoms with E-state index in [0.29, 0.717) is 50.3 Å². The molecule has 0 N–H and O–H groups in total. The molecule has 0 radical (unpaired) electrons. The molecule has 1 aromatic heterocycles. The van der Waals surface area contributed by atoms with Gasteiger partial charge in [-0.25, -0.2) is 22.9 Å². The third kappa shape index (κ3) is 5.73. The number of halogens is 3. The van der Waals surface area contributed by atoms with E-state index in [4.69, 9.17) is 9.84 Å². The molecule has 2 aromatic rings. The number of hydrogen-bond donors (Lipinski definition) is 0. The van der Waals surface area contributed by atoms with Crippen molar-refractivity contribution in [3.63, 3.8) is 0 Å². The molecule has 3 aliphatic rings. The van der Waals surface area contributed by atoms with Gasteiger partial charge in [0.25, 0.3) is 0 Å². The minimum absolute atomic E-state index is 0.133. The highest BCUT2D eigenvalue weighted by molar-refractivity contribution is 6.01. The first-order valence-electron chi connectivity index (χ1n) is 13.7. The van der Waals surface area contributed by atoms with Crippen LogP contribution in [0.2, 0.25) is 0 Å². The van der Waals surface area contributed by atoms with E-state index in [9.17, 15) is 13.6 Å². The average molecular weight is 556 g/mol. The Bertz CT molecular complexity index is 1330. The van der Waals surface area contributed by atoms with Crippen molar-refractivity contribution in [2.75, 3.05) is 31.1 Å². The average Bonchev–Trinajstić information content (AvgIpc) is 3.07. The van der Waals surface area contributed by atoms with Crippen molar-refractivity contribution < 1.29 is 22.7 Å². The first kappa shape index (κ1) is 28.1. The zero-order valence-electron chi connectivity index (χ0n) is 23.5. The summed E-state index contributed by atoms with van der Waals surface area (Å²) in [6.07, 6.45) is 5.91. The number of carbonyl (C=O) groups is 1. The smallest absolute Gasteiger partial charge is 0.416 e. The molecule has 4 heterocycles. The highest BCUT2D eigenvalue weighted by atomic mass is 19.1. The number of alkyl halides is 1. The third-order valence-corrected chi connectivity index (χ3v) is 7.87. The number of anilines is 1. The topological polar surface area (TPSA) is 61.3 Å². The van der Waals surface area contributed by atoms with Gasteiger partial charge in [-0.15, -0.1) is 0 Å². The van der Waals surface area contributed by atoms with E-state index in [0.717, 1.165) is 30.3 Å². The molecule has 0 saturated carbocycles. The first-order valence-corrected chi connectivity index (χ1v) is 13.7. The molecule has 2 saturated heterocycles. The number of aromatic nitrogens is 1. The molecule has 2 fully saturated rings. The van der Waals surface area contributed by atoms with Gasteiger partial charge in [0, 0.05) is 50.4 Å². The van der Waals surface area contributed by atoms with Crippen LogP contribution in [0.3, 0.4) is 0 Å². The predicted molar refractivity (Wildman–Crippen MR) is 148 cm³/mol. The number of hydrogen-bond acceptors (Lipinski definition) is 6. The highest BCUT2D eigenvalue weighted by Gasteiger charge is 2.47. The largest absolute Gasteiger partial charge is 0.440 e. The molecular formula is C30H36F3N5O2. The number of hydrazone groups is 1. The van der Waals surface area contributed by atoms with E-state index in [1.807, 2.05) is 51.0 Å². The first-order chi connectivity index (χ1) is 19.0. The van der Waals surface area contributed by atoms with Gasteiger partial charge in [0.1, 0.15) is 29.7 Å². The number of benzene rings is 1. The molecule has 1 spiro atoms. The molecule has 40 heavy (non-hydrogen) atoms. The summed E-state index contributed by atoms with van der Waals surface area (Å²) in [4.78, 5) is 21.0. The van der Waals surface area contributed by atoms with Crippen LogP contribution in [0, 0.1) is 18.6 Å². The summed E-state index contributed by atoms with van der Waals surface area (Å²) in [6, 6.07) is 6.23. The number of rotatable bonds is 5. The molecule has 7 nitrogen and oxygen atoms in total. The summed E-state index contributed by atoms with van der Waals surface area (Å²) in [5.41, 5.74) is 1.28. The molecule has 0 bridgehead atoms. The van der Waals surface area contributed by atoms with Crippen LogP contribution in [0.1, 0.15) is 63.1 Å². The second-order valence-corrected chi connectivity index (χ2v) is 12.0. The zero-order chi connectivity index (χ0) is 28.7. The van der Waals surface area contributed by atoms with E-state index >= 15 is 4.39 Å².